The molecule has 1 fully saturated rings. The van der Waals surface area contributed by atoms with Crippen molar-refractivity contribution in [3.63, 3.8) is 0 Å². The molecule has 132 valence electrons. The molecule has 0 radical (unpaired) electrons. The molecule has 6 nitrogen and oxygen atoms in total. The summed E-state index contributed by atoms with van der Waals surface area (Å²) in [7, 11) is -1.46. The zero-order valence-electron chi connectivity index (χ0n) is 13.9. The molecule has 1 aromatic rings. The maximum absolute atomic E-state index is 11.6. The number of sulfonamides is 1. The van der Waals surface area contributed by atoms with Crippen LogP contribution < -0.4 is 8.74 Å². The van der Waals surface area contributed by atoms with E-state index in [1.54, 1.807) is 11.4 Å². The Morgan fingerprint density at radius 3 is 2.54 bits per heavy atom. The van der Waals surface area contributed by atoms with E-state index in [-0.39, 0.29) is 4.00 Å². The monoisotopic (exact) mass is 372 g/mol. The highest BCUT2D eigenvalue weighted by Gasteiger charge is 2.40. The number of benzene rings is 1. The highest BCUT2D eigenvalue weighted by Crippen LogP contribution is 2.39. The van der Waals surface area contributed by atoms with Gasteiger partial charge in [-0.3, -0.25) is 0 Å². The fraction of sp³-hybridized carbons (Fsp3) is 0.500. The molecule has 1 atom stereocenters. The number of methoxy groups -OCH3 is 1. The van der Waals surface area contributed by atoms with Gasteiger partial charge in [-0.15, -0.1) is 4.00 Å². The third-order valence-corrected chi connectivity index (χ3v) is 6.42. The van der Waals surface area contributed by atoms with Gasteiger partial charge in [0.1, 0.15) is 6.20 Å². The molecule has 0 amide bonds. The Morgan fingerprint density at radius 2 is 1.92 bits per heavy atom. The molecule has 1 aromatic carbocycles. The lowest BCUT2D eigenvalue weighted by atomic mass is 10.1. The molecule has 8 heteroatoms. The van der Waals surface area contributed by atoms with E-state index in [1.165, 1.54) is 6.26 Å². The summed E-state index contributed by atoms with van der Waals surface area (Å²) in [4.78, 5) is 2.21. The van der Waals surface area contributed by atoms with E-state index in [0.29, 0.717) is 25.8 Å². The van der Waals surface area contributed by atoms with Crippen LogP contribution in [0.15, 0.2) is 36.7 Å². The van der Waals surface area contributed by atoms with Crippen LogP contribution in [0.5, 0.6) is 5.75 Å². The summed E-state index contributed by atoms with van der Waals surface area (Å²) in [5.74, 6) is 0.755. The number of piperidine rings is 1. The summed E-state index contributed by atoms with van der Waals surface area (Å²) in [6.45, 7) is 1.72. The molecule has 1 unspecified atom stereocenters. The number of quaternary nitrogens is 1. The van der Waals surface area contributed by atoms with Gasteiger partial charge in [-0.05, 0) is 18.9 Å². The SMILES string of the molecule is COc1ccccc1[N+]1(Cl)C=CN(C2CCN(S(C)(=O)=O)CC2)C1. The summed E-state index contributed by atoms with van der Waals surface area (Å²) in [5, 5.41) is 0. The van der Waals surface area contributed by atoms with E-state index in [1.807, 2.05) is 36.7 Å². The lowest BCUT2D eigenvalue weighted by molar-refractivity contribution is 0.180. The number of para-hydroxylation sites is 2. The Kier molecular flexibility index (Phi) is 4.79. The van der Waals surface area contributed by atoms with Gasteiger partial charge in [0.05, 0.1) is 19.6 Å². The summed E-state index contributed by atoms with van der Waals surface area (Å²) < 4.78 is 30.4. The molecule has 2 aliphatic heterocycles. The van der Waals surface area contributed by atoms with Crippen LogP contribution in [0.25, 0.3) is 0 Å². The fourth-order valence-corrected chi connectivity index (χ4v) is 4.55. The van der Waals surface area contributed by atoms with Gasteiger partial charge in [-0.1, -0.05) is 12.1 Å². The summed E-state index contributed by atoms with van der Waals surface area (Å²) >= 11 is 6.82. The molecule has 0 saturated carbocycles. The molecular formula is C16H23ClN3O3S+. The predicted octanol–water partition coefficient (Wildman–Crippen LogP) is 2.32. The first-order chi connectivity index (χ1) is 11.3. The number of ether oxygens (including phenoxy) is 1. The van der Waals surface area contributed by atoms with Crippen LogP contribution in [0.3, 0.4) is 0 Å². The van der Waals surface area contributed by atoms with Gasteiger partial charge >= 0.3 is 0 Å². The molecule has 2 aliphatic rings. The Hall–Kier alpha value is -1.28. The van der Waals surface area contributed by atoms with Crippen LogP contribution >= 0.6 is 11.8 Å². The normalized spacial score (nSPS) is 26.0. The minimum atomic E-state index is -3.10. The maximum Gasteiger partial charge on any atom is 0.211 e. The highest BCUT2D eigenvalue weighted by molar-refractivity contribution is 7.88. The van der Waals surface area contributed by atoms with E-state index in [2.05, 4.69) is 4.90 Å². The number of hydrogen-bond acceptors (Lipinski definition) is 4. The largest absolute Gasteiger partial charge is 0.491 e. The van der Waals surface area contributed by atoms with Gasteiger partial charge in [0.15, 0.2) is 29.9 Å². The molecule has 1 saturated heterocycles. The molecule has 3 rings (SSSR count). The van der Waals surface area contributed by atoms with Crippen molar-refractivity contribution in [3.05, 3.63) is 36.7 Å². The minimum Gasteiger partial charge on any atom is -0.491 e. The van der Waals surface area contributed by atoms with E-state index < -0.39 is 10.0 Å². The summed E-state index contributed by atoms with van der Waals surface area (Å²) in [5.41, 5.74) is 0.897. The first-order valence-electron chi connectivity index (χ1n) is 7.95. The Balaban J connectivity index is 1.69. The third kappa shape index (κ3) is 3.39. The van der Waals surface area contributed by atoms with Crippen molar-refractivity contribution in [1.29, 1.82) is 0 Å². The smallest absolute Gasteiger partial charge is 0.211 e. The fourth-order valence-electron chi connectivity index (χ4n) is 3.36. The van der Waals surface area contributed by atoms with Crippen molar-refractivity contribution in [1.82, 2.24) is 13.2 Å². The molecular weight excluding hydrogens is 350 g/mol. The standard InChI is InChI=1S/C16H23ClN3O3S/c1-23-16-6-4-3-5-15(16)20(17)12-11-18(13-20)14-7-9-19(10-8-14)24(2,21)22/h3-6,11-12,14H,7-10,13H2,1-2H3/q+1. The van der Waals surface area contributed by atoms with Crippen LogP contribution in [-0.4, -0.2) is 56.8 Å². The van der Waals surface area contributed by atoms with Gasteiger partial charge in [0, 0.05) is 25.2 Å². The molecule has 0 bridgehead atoms. The van der Waals surface area contributed by atoms with Crippen molar-refractivity contribution in [3.8, 4) is 5.75 Å². The van der Waals surface area contributed by atoms with Crippen LogP contribution in [0.2, 0.25) is 0 Å². The number of hydrogen-bond donors (Lipinski definition) is 0. The second-order valence-electron chi connectivity index (χ2n) is 6.29. The van der Waals surface area contributed by atoms with Crippen LogP contribution in [-0.2, 0) is 10.0 Å². The molecule has 0 aliphatic carbocycles. The van der Waals surface area contributed by atoms with Crippen molar-refractivity contribution in [2.75, 3.05) is 33.1 Å². The topological polar surface area (TPSA) is 49.9 Å². The lowest BCUT2D eigenvalue weighted by Gasteiger charge is -2.35. The van der Waals surface area contributed by atoms with Crippen LogP contribution in [0, 0.1) is 0 Å². The Labute approximate surface area is 148 Å². The van der Waals surface area contributed by atoms with Gasteiger partial charge in [0.2, 0.25) is 10.0 Å². The number of halogens is 1. The van der Waals surface area contributed by atoms with E-state index in [9.17, 15) is 8.42 Å². The quantitative estimate of drug-likeness (QED) is 0.761. The number of nitrogens with zero attached hydrogens (tertiary/aromatic N) is 3. The lowest BCUT2D eigenvalue weighted by Crippen LogP contribution is -2.47. The Morgan fingerprint density at radius 1 is 1.25 bits per heavy atom. The van der Waals surface area contributed by atoms with Crippen LogP contribution in [0.4, 0.5) is 5.69 Å². The number of rotatable bonds is 4. The highest BCUT2D eigenvalue weighted by atomic mass is 35.5. The second-order valence-corrected chi connectivity index (χ2v) is 8.88. The minimum absolute atomic E-state index is 0.135. The van der Waals surface area contributed by atoms with Crippen molar-refractivity contribution in [2.24, 2.45) is 0 Å². The zero-order valence-corrected chi connectivity index (χ0v) is 15.5. The molecule has 24 heavy (non-hydrogen) atoms. The predicted molar refractivity (Wildman–Crippen MR) is 95.9 cm³/mol. The summed E-state index contributed by atoms with van der Waals surface area (Å²) in [6.07, 6.45) is 6.84. The summed E-state index contributed by atoms with van der Waals surface area (Å²) in [6, 6.07) is 8.03. The maximum atomic E-state index is 11.6. The van der Waals surface area contributed by atoms with Crippen molar-refractivity contribution < 1.29 is 13.2 Å². The van der Waals surface area contributed by atoms with Gasteiger partial charge in [0.25, 0.3) is 0 Å². The van der Waals surface area contributed by atoms with E-state index in [4.69, 9.17) is 16.5 Å². The Bertz CT molecular complexity index is 732. The molecule has 0 aromatic heterocycles. The van der Waals surface area contributed by atoms with Crippen molar-refractivity contribution >= 4 is 27.5 Å². The molecule has 0 N–H and O–H groups in total. The van der Waals surface area contributed by atoms with Crippen LogP contribution in [0.1, 0.15) is 12.8 Å². The van der Waals surface area contributed by atoms with E-state index in [0.717, 1.165) is 24.3 Å². The zero-order chi connectivity index (χ0) is 17.4. The van der Waals surface area contributed by atoms with Gasteiger partial charge in [-0.2, -0.15) is 0 Å². The molecule has 2 heterocycles. The third-order valence-electron chi connectivity index (χ3n) is 4.71. The molecule has 0 spiro atoms. The average Bonchev–Trinajstić information content (AvgIpc) is 2.98. The van der Waals surface area contributed by atoms with Gasteiger partial charge < -0.3 is 9.64 Å². The second kappa shape index (κ2) is 6.55. The first-order valence-corrected chi connectivity index (χ1v) is 10.1. The first kappa shape index (κ1) is 17.5. The van der Waals surface area contributed by atoms with Crippen molar-refractivity contribution in [2.45, 2.75) is 18.9 Å². The van der Waals surface area contributed by atoms with Gasteiger partial charge in [-0.25, -0.2) is 12.7 Å². The van der Waals surface area contributed by atoms with E-state index >= 15 is 0 Å². The average molecular weight is 373 g/mol.